The van der Waals surface area contributed by atoms with Gasteiger partial charge in [-0.3, -0.25) is 4.79 Å². The van der Waals surface area contributed by atoms with Gasteiger partial charge in [-0.2, -0.15) is 0 Å². The van der Waals surface area contributed by atoms with E-state index in [1.807, 2.05) is 42.5 Å². The fraction of sp³-hybridized carbons (Fsp3) is 0.105. The summed E-state index contributed by atoms with van der Waals surface area (Å²) in [5.74, 6) is 1.03. The van der Waals surface area contributed by atoms with Gasteiger partial charge in [0, 0.05) is 6.54 Å². The number of benzene rings is 3. The average molecular weight is 321 g/mol. The molecule has 24 heavy (non-hydrogen) atoms. The summed E-state index contributed by atoms with van der Waals surface area (Å²) in [5.41, 5.74) is 1.15. The molecule has 0 saturated carbocycles. The lowest BCUT2D eigenvalue weighted by Gasteiger charge is -2.09. The molecule has 1 amide bonds. The van der Waals surface area contributed by atoms with Crippen molar-refractivity contribution in [3.05, 3.63) is 65.7 Å². The minimum atomic E-state index is -0.323. The van der Waals surface area contributed by atoms with E-state index < -0.39 is 0 Å². The van der Waals surface area contributed by atoms with Gasteiger partial charge in [0.1, 0.15) is 5.75 Å². The fourth-order valence-electron chi connectivity index (χ4n) is 2.74. The number of ether oxygens (including phenoxy) is 2. The number of fused-ring (bicyclic) bond motifs is 2. The van der Waals surface area contributed by atoms with Gasteiger partial charge < -0.3 is 19.9 Å². The number of aromatic hydroxyl groups is 1. The highest BCUT2D eigenvalue weighted by molar-refractivity contribution is 6.01. The monoisotopic (exact) mass is 321 g/mol. The molecule has 0 radical (unpaired) electrons. The van der Waals surface area contributed by atoms with Crippen LogP contribution in [0.3, 0.4) is 0 Å². The standard InChI is InChI=1S/C19H15NO4/c21-16-9-14-4-2-1-3-13(14)8-15(16)19(22)20-10-12-5-6-17-18(7-12)24-11-23-17/h1-9,21H,10-11H2,(H,20,22). The number of amides is 1. The Kier molecular flexibility index (Phi) is 3.46. The van der Waals surface area contributed by atoms with Crippen LogP contribution in [0, 0.1) is 0 Å². The molecule has 0 fully saturated rings. The second-order valence-corrected chi connectivity index (χ2v) is 5.59. The van der Waals surface area contributed by atoms with Crippen molar-refractivity contribution < 1.29 is 19.4 Å². The molecule has 120 valence electrons. The molecule has 5 nitrogen and oxygen atoms in total. The third-order valence-corrected chi connectivity index (χ3v) is 4.00. The molecule has 0 bridgehead atoms. The maximum atomic E-state index is 12.4. The van der Waals surface area contributed by atoms with E-state index >= 15 is 0 Å². The Balaban J connectivity index is 1.53. The SMILES string of the molecule is O=C(NCc1ccc2c(c1)OCO2)c1cc2ccccc2cc1O. The molecule has 1 aliphatic heterocycles. The summed E-state index contributed by atoms with van der Waals surface area (Å²) in [6, 6.07) is 16.4. The first-order valence-corrected chi connectivity index (χ1v) is 7.59. The molecule has 1 heterocycles. The number of carbonyl (C=O) groups is 1. The third-order valence-electron chi connectivity index (χ3n) is 4.00. The molecule has 0 atom stereocenters. The predicted molar refractivity (Wildman–Crippen MR) is 89.3 cm³/mol. The van der Waals surface area contributed by atoms with Gasteiger partial charge in [0.05, 0.1) is 5.56 Å². The normalized spacial score (nSPS) is 12.3. The number of hydrogen-bond acceptors (Lipinski definition) is 4. The van der Waals surface area contributed by atoms with E-state index in [1.54, 1.807) is 12.1 Å². The van der Waals surface area contributed by atoms with Gasteiger partial charge in [-0.05, 0) is 40.6 Å². The van der Waals surface area contributed by atoms with Crippen LogP contribution in [0.5, 0.6) is 17.2 Å². The van der Waals surface area contributed by atoms with Crippen molar-refractivity contribution in [1.29, 1.82) is 0 Å². The van der Waals surface area contributed by atoms with Gasteiger partial charge in [0.2, 0.25) is 6.79 Å². The fourth-order valence-corrected chi connectivity index (χ4v) is 2.74. The number of carbonyl (C=O) groups excluding carboxylic acids is 1. The summed E-state index contributed by atoms with van der Waals surface area (Å²) in [6.45, 7) is 0.553. The molecule has 4 rings (SSSR count). The van der Waals surface area contributed by atoms with Gasteiger partial charge >= 0.3 is 0 Å². The Morgan fingerprint density at radius 2 is 1.75 bits per heavy atom. The summed E-state index contributed by atoms with van der Waals surface area (Å²) >= 11 is 0. The largest absolute Gasteiger partial charge is 0.507 e. The molecule has 2 N–H and O–H groups in total. The number of phenolic OH excluding ortho intramolecular Hbond substituents is 1. The third kappa shape index (κ3) is 2.60. The Morgan fingerprint density at radius 3 is 2.58 bits per heavy atom. The van der Waals surface area contributed by atoms with Crippen LogP contribution in [0.2, 0.25) is 0 Å². The minimum Gasteiger partial charge on any atom is -0.507 e. The van der Waals surface area contributed by atoms with Crippen molar-refractivity contribution in [3.63, 3.8) is 0 Å². The van der Waals surface area contributed by atoms with Crippen molar-refractivity contribution in [2.75, 3.05) is 6.79 Å². The maximum absolute atomic E-state index is 12.4. The van der Waals surface area contributed by atoms with Crippen LogP contribution in [0.25, 0.3) is 10.8 Å². The lowest BCUT2D eigenvalue weighted by Crippen LogP contribution is -2.22. The number of hydrogen-bond donors (Lipinski definition) is 2. The van der Waals surface area contributed by atoms with Gasteiger partial charge in [0.25, 0.3) is 5.91 Å². The van der Waals surface area contributed by atoms with Crippen molar-refractivity contribution in [2.45, 2.75) is 6.54 Å². The zero-order valence-electron chi connectivity index (χ0n) is 12.8. The first-order chi connectivity index (χ1) is 11.7. The zero-order valence-corrected chi connectivity index (χ0v) is 12.8. The van der Waals surface area contributed by atoms with Crippen LogP contribution >= 0.6 is 0 Å². The quantitative estimate of drug-likeness (QED) is 0.777. The second-order valence-electron chi connectivity index (χ2n) is 5.59. The van der Waals surface area contributed by atoms with E-state index in [0.29, 0.717) is 18.0 Å². The van der Waals surface area contributed by atoms with Crippen molar-refractivity contribution in [2.24, 2.45) is 0 Å². The molecular formula is C19H15NO4. The van der Waals surface area contributed by atoms with Crippen molar-refractivity contribution >= 4 is 16.7 Å². The Labute approximate surface area is 138 Å². The summed E-state index contributed by atoms with van der Waals surface area (Å²) in [4.78, 5) is 12.4. The molecule has 3 aromatic rings. The Morgan fingerprint density at radius 1 is 1.00 bits per heavy atom. The van der Waals surface area contributed by atoms with Gasteiger partial charge in [-0.15, -0.1) is 0 Å². The average Bonchev–Trinajstić information content (AvgIpc) is 3.06. The first kappa shape index (κ1) is 14.4. The van der Waals surface area contributed by atoms with Crippen molar-refractivity contribution in [1.82, 2.24) is 5.32 Å². The summed E-state index contributed by atoms with van der Waals surface area (Å²) in [5, 5.41) is 14.7. The molecule has 0 spiro atoms. The Hall–Kier alpha value is -3.21. The topological polar surface area (TPSA) is 67.8 Å². The van der Waals surface area contributed by atoms with Crippen LogP contribution in [-0.4, -0.2) is 17.8 Å². The van der Waals surface area contributed by atoms with E-state index in [1.165, 1.54) is 0 Å². The maximum Gasteiger partial charge on any atom is 0.255 e. The van der Waals surface area contributed by atoms with E-state index in [-0.39, 0.29) is 24.0 Å². The van der Waals surface area contributed by atoms with Crippen LogP contribution in [-0.2, 0) is 6.54 Å². The predicted octanol–water partition coefficient (Wildman–Crippen LogP) is 3.20. The van der Waals surface area contributed by atoms with E-state index in [9.17, 15) is 9.90 Å². The number of rotatable bonds is 3. The van der Waals surface area contributed by atoms with E-state index in [2.05, 4.69) is 5.32 Å². The van der Waals surface area contributed by atoms with E-state index in [4.69, 9.17) is 9.47 Å². The van der Waals surface area contributed by atoms with Gasteiger partial charge in [-0.25, -0.2) is 0 Å². The molecule has 3 aromatic carbocycles. The van der Waals surface area contributed by atoms with Crippen molar-refractivity contribution in [3.8, 4) is 17.2 Å². The van der Waals surface area contributed by atoms with Crippen LogP contribution < -0.4 is 14.8 Å². The highest BCUT2D eigenvalue weighted by Gasteiger charge is 2.15. The Bertz CT molecular complexity index is 936. The summed E-state index contributed by atoms with van der Waals surface area (Å²) < 4.78 is 10.6. The lowest BCUT2D eigenvalue weighted by molar-refractivity contribution is 0.0948. The summed E-state index contributed by atoms with van der Waals surface area (Å²) in [7, 11) is 0. The molecular weight excluding hydrogens is 306 g/mol. The number of nitrogens with one attached hydrogen (secondary N) is 1. The molecule has 1 aliphatic rings. The molecule has 0 unspecified atom stereocenters. The molecule has 0 saturated heterocycles. The number of phenols is 1. The molecule has 0 aliphatic carbocycles. The minimum absolute atomic E-state index is 0.0307. The smallest absolute Gasteiger partial charge is 0.255 e. The van der Waals surface area contributed by atoms with E-state index in [0.717, 1.165) is 16.3 Å². The van der Waals surface area contributed by atoms with Crippen LogP contribution in [0.1, 0.15) is 15.9 Å². The van der Waals surface area contributed by atoms with Crippen LogP contribution in [0.15, 0.2) is 54.6 Å². The lowest BCUT2D eigenvalue weighted by atomic mass is 10.1. The first-order valence-electron chi connectivity index (χ1n) is 7.59. The zero-order chi connectivity index (χ0) is 16.5. The van der Waals surface area contributed by atoms with Gasteiger partial charge in [0.15, 0.2) is 11.5 Å². The molecule has 0 aromatic heterocycles. The highest BCUT2D eigenvalue weighted by Crippen LogP contribution is 2.32. The summed E-state index contributed by atoms with van der Waals surface area (Å²) in [6.07, 6.45) is 0. The highest BCUT2D eigenvalue weighted by atomic mass is 16.7. The van der Waals surface area contributed by atoms with Gasteiger partial charge in [-0.1, -0.05) is 30.3 Å². The van der Waals surface area contributed by atoms with Crippen LogP contribution in [0.4, 0.5) is 0 Å². The second kappa shape index (κ2) is 5.77. The molecule has 5 heteroatoms.